The Balaban J connectivity index is 1.61. The van der Waals surface area contributed by atoms with Crippen molar-refractivity contribution in [1.29, 1.82) is 0 Å². The smallest absolute Gasteiger partial charge is 0.190 e. The van der Waals surface area contributed by atoms with Crippen molar-refractivity contribution in [2.45, 2.75) is 25.7 Å². The summed E-state index contributed by atoms with van der Waals surface area (Å²) in [6, 6.07) is 10.6. The first kappa shape index (κ1) is 16.8. The predicted octanol–water partition coefficient (Wildman–Crippen LogP) is 2.13. The van der Waals surface area contributed by atoms with E-state index in [0.717, 1.165) is 37.8 Å². The van der Waals surface area contributed by atoms with Crippen molar-refractivity contribution in [2.75, 3.05) is 40.3 Å². The summed E-state index contributed by atoms with van der Waals surface area (Å²) >= 11 is 0. The van der Waals surface area contributed by atoms with Gasteiger partial charge in [0.15, 0.2) is 5.96 Å². The van der Waals surface area contributed by atoms with Gasteiger partial charge in [0, 0.05) is 26.7 Å². The fraction of sp³-hybridized carbons (Fsp3) is 0.611. The third-order valence-electron chi connectivity index (χ3n) is 4.28. The van der Waals surface area contributed by atoms with E-state index in [1.165, 1.54) is 31.5 Å². The summed E-state index contributed by atoms with van der Waals surface area (Å²) in [5, 5.41) is 6.89. The van der Waals surface area contributed by atoms with Crippen LogP contribution >= 0.6 is 0 Å². The number of nitrogens with zero attached hydrogens (tertiary/aromatic N) is 2. The third-order valence-corrected chi connectivity index (χ3v) is 4.28. The van der Waals surface area contributed by atoms with Crippen LogP contribution in [0.2, 0.25) is 0 Å². The summed E-state index contributed by atoms with van der Waals surface area (Å²) in [5.74, 6) is 1.67. The molecule has 0 aliphatic carbocycles. The van der Waals surface area contributed by atoms with Crippen molar-refractivity contribution < 1.29 is 0 Å². The van der Waals surface area contributed by atoms with Crippen molar-refractivity contribution in [3.63, 3.8) is 0 Å². The van der Waals surface area contributed by atoms with Crippen molar-refractivity contribution in [2.24, 2.45) is 10.9 Å². The highest BCUT2D eigenvalue weighted by molar-refractivity contribution is 5.79. The number of rotatable bonds is 6. The Bertz CT molecular complexity index is 444. The van der Waals surface area contributed by atoms with Crippen LogP contribution in [0.3, 0.4) is 0 Å². The van der Waals surface area contributed by atoms with Crippen LogP contribution in [0, 0.1) is 5.92 Å². The zero-order valence-corrected chi connectivity index (χ0v) is 14.0. The van der Waals surface area contributed by atoms with Crippen LogP contribution in [-0.4, -0.2) is 51.1 Å². The summed E-state index contributed by atoms with van der Waals surface area (Å²) in [5.41, 5.74) is 1.40. The van der Waals surface area contributed by atoms with Gasteiger partial charge in [0.05, 0.1) is 0 Å². The van der Waals surface area contributed by atoms with E-state index in [-0.39, 0.29) is 0 Å². The molecule has 0 saturated carbocycles. The van der Waals surface area contributed by atoms with Gasteiger partial charge < -0.3 is 15.5 Å². The molecule has 1 unspecified atom stereocenters. The summed E-state index contributed by atoms with van der Waals surface area (Å²) < 4.78 is 0. The van der Waals surface area contributed by atoms with E-state index >= 15 is 0 Å². The topological polar surface area (TPSA) is 39.7 Å². The lowest BCUT2D eigenvalue weighted by molar-refractivity contribution is 0.210. The second-order valence-corrected chi connectivity index (χ2v) is 6.24. The van der Waals surface area contributed by atoms with Crippen LogP contribution in [0.4, 0.5) is 0 Å². The minimum atomic E-state index is 0.738. The number of piperidine rings is 1. The molecule has 2 N–H and O–H groups in total. The Morgan fingerprint density at radius 3 is 2.82 bits per heavy atom. The van der Waals surface area contributed by atoms with E-state index < -0.39 is 0 Å². The van der Waals surface area contributed by atoms with Gasteiger partial charge in [-0.3, -0.25) is 4.99 Å². The molecule has 122 valence electrons. The molecular formula is C18H30N4. The fourth-order valence-electron chi connectivity index (χ4n) is 3.05. The minimum absolute atomic E-state index is 0.738. The Hall–Kier alpha value is -1.55. The number of hydrogen-bond donors (Lipinski definition) is 2. The van der Waals surface area contributed by atoms with Gasteiger partial charge in [-0.25, -0.2) is 0 Å². The number of hydrogen-bond acceptors (Lipinski definition) is 2. The highest BCUT2D eigenvalue weighted by Gasteiger charge is 2.16. The molecule has 2 rings (SSSR count). The molecule has 1 aliphatic heterocycles. The minimum Gasteiger partial charge on any atom is -0.356 e. The largest absolute Gasteiger partial charge is 0.356 e. The maximum Gasteiger partial charge on any atom is 0.190 e. The Morgan fingerprint density at radius 1 is 1.27 bits per heavy atom. The number of guanidine groups is 1. The van der Waals surface area contributed by atoms with Crippen molar-refractivity contribution in [3.8, 4) is 0 Å². The van der Waals surface area contributed by atoms with E-state index in [4.69, 9.17) is 0 Å². The molecule has 1 aliphatic rings. The molecule has 0 aromatic heterocycles. The second kappa shape index (κ2) is 9.46. The summed E-state index contributed by atoms with van der Waals surface area (Å²) in [6.45, 7) is 4.41. The Morgan fingerprint density at radius 2 is 2.09 bits per heavy atom. The lowest BCUT2D eigenvalue weighted by Gasteiger charge is -2.30. The third kappa shape index (κ3) is 6.06. The number of likely N-dealkylation sites (tertiary alicyclic amines) is 1. The first-order chi connectivity index (χ1) is 10.8. The lowest BCUT2D eigenvalue weighted by Crippen LogP contribution is -2.43. The molecule has 0 spiro atoms. The molecule has 1 atom stereocenters. The molecule has 22 heavy (non-hydrogen) atoms. The molecule has 1 fully saturated rings. The first-order valence-electron chi connectivity index (χ1n) is 8.45. The number of benzene rings is 1. The van der Waals surface area contributed by atoms with Crippen molar-refractivity contribution >= 4 is 5.96 Å². The summed E-state index contributed by atoms with van der Waals surface area (Å²) in [6.07, 6.45) is 4.86. The quantitative estimate of drug-likeness (QED) is 0.480. The molecular weight excluding hydrogens is 272 g/mol. The molecule has 4 heteroatoms. The molecule has 0 amide bonds. The van der Waals surface area contributed by atoms with Crippen molar-refractivity contribution in [3.05, 3.63) is 35.9 Å². The average Bonchev–Trinajstić information content (AvgIpc) is 2.55. The Labute approximate surface area is 135 Å². The van der Waals surface area contributed by atoms with Gasteiger partial charge in [-0.1, -0.05) is 30.3 Å². The standard InChI is InChI=1S/C18H30N4/c1-19-18(21-14-17-11-7-13-22(2)15-17)20-12-6-10-16-8-4-3-5-9-16/h3-5,8-9,17H,6-7,10-15H2,1-2H3,(H2,19,20,21). The average molecular weight is 302 g/mol. The van der Waals surface area contributed by atoms with Gasteiger partial charge in [0.25, 0.3) is 0 Å². The van der Waals surface area contributed by atoms with E-state index in [0.29, 0.717) is 0 Å². The zero-order chi connectivity index (χ0) is 15.6. The maximum absolute atomic E-state index is 4.32. The zero-order valence-electron chi connectivity index (χ0n) is 14.0. The molecule has 1 heterocycles. The molecule has 1 aromatic rings. The highest BCUT2D eigenvalue weighted by Crippen LogP contribution is 2.13. The van der Waals surface area contributed by atoms with Gasteiger partial charge in [0.1, 0.15) is 0 Å². The molecule has 1 aromatic carbocycles. The predicted molar refractivity (Wildman–Crippen MR) is 94.3 cm³/mol. The Kier molecular flexibility index (Phi) is 7.23. The van der Waals surface area contributed by atoms with Gasteiger partial charge in [-0.05, 0) is 50.8 Å². The van der Waals surface area contributed by atoms with Gasteiger partial charge in [-0.2, -0.15) is 0 Å². The summed E-state index contributed by atoms with van der Waals surface area (Å²) in [7, 11) is 4.06. The fourth-order valence-corrected chi connectivity index (χ4v) is 3.05. The van der Waals surface area contributed by atoms with Crippen LogP contribution < -0.4 is 10.6 Å². The summed E-state index contributed by atoms with van der Waals surface area (Å²) in [4.78, 5) is 6.74. The van der Waals surface area contributed by atoms with Crippen LogP contribution in [0.25, 0.3) is 0 Å². The van der Waals surface area contributed by atoms with Gasteiger partial charge in [0.2, 0.25) is 0 Å². The van der Waals surface area contributed by atoms with E-state index in [2.05, 4.69) is 57.9 Å². The monoisotopic (exact) mass is 302 g/mol. The first-order valence-corrected chi connectivity index (χ1v) is 8.45. The van der Waals surface area contributed by atoms with Crippen LogP contribution in [0.15, 0.2) is 35.3 Å². The lowest BCUT2D eigenvalue weighted by atomic mass is 9.99. The molecule has 0 radical (unpaired) electrons. The highest BCUT2D eigenvalue weighted by atomic mass is 15.2. The number of aryl methyl sites for hydroxylation is 1. The van der Waals surface area contributed by atoms with E-state index in [9.17, 15) is 0 Å². The van der Waals surface area contributed by atoms with Gasteiger partial charge in [-0.15, -0.1) is 0 Å². The second-order valence-electron chi connectivity index (χ2n) is 6.24. The normalized spacial score (nSPS) is 19.9. The van der Waals surface area contributed by atoms with Crippen LogP contribution in [0.1, 0.15) is 24.8 Å². The maximum atomic E-state index is 4.32. The van der Waals surface area contributed by atoms with Crippen molar-refractivity contribution in [1.82, 2.24) is 15.5 Å². The molecule has 0 bridgehead atoms. The van der Waals surface area contributed by atoms with Crippen LogP contribution in [0.5, 0.6) is 0 Å². The number of aliphatic imine (C=N–C) groups is 1. The molecule has 4 nitrogen and oxygen atoms in total. The van der Waals surface area contributed by atoms with E-state index in [1.54, 1.807) is 0 Å². The SMILES string of the molecule is CN=C(NCCCc1ccccc1)NCC1CCCN(C)C1. The molecule has 1 saturated heterocycles. The number of nitrogens with one attached hydrogen (secondary N) is 2. The van der Waals surface area contributed by atoms with Gasteiger partial charge >= 0.3 is 0 Å². The van der Waals surface area contributed by atoms with Crippen LogP contribution in [-0.2, 0) is 6.42 Å². The van der Waals surface area contributed by atoms with E-state index in [1.807, 2.05) is 7.05 Å².